The number of ether oxygens (including phenoxy) is 1. The summed E-state index contributed by atoms with van der Waals surface area (Å²) in [6.45, 7) is 9.38. The Hall–Kier alpha value is -1.65. The van der Waals surface area contributed by atoms with E-state index in [0.29, 0.717) is 6.61 Å². The Morgan fingerprint density at radius 3 is 2.54 bits per heavy atom. The largest absolute Gasteiger partial charge is 0.384 e. The molecular formula is C20H31N3O. The third kappa shape index (κ3) is 4.68. The lowest BCUT2D eigenvalue weighted by Crippen LogP contribution is -2.23. The fourth-order valence-electron chi connectivity index (χ4n) is 3.01. The number of H-pyrrole nitrogens is 1. The van der Waals surface area contributed by atoms with Gasteiger partial charge >= 0.3 is 0 Å². The van der Waals surface area contributed by atoms with Crippen molar-refractivity contribution in [2.24, 2.45) is 0 Å². The summed E-state index contributed by atoms with van der Waals surface area (Å²) in [6.07, 6.45) is 4.40. The van der Waals surface area contributed by atoms with Crippen LogP contribution in [0.15, 0.2) is 30.5 Å². The Kier molecular flexibility index (Phi) is 6.58. The van der Waals surface area contributed by atoms with Gasteiger partial charge in [-0.15, -0.1) is 0 Å². The van der Waals surface area contributed by atoms with Crippen LogP contribution in [0.1, 0.15) is 44.7 Å². The smallest absolute Gasteiger partial charge is 0.0695 e. The van der Waals surface area contributed by atoms with Crippen LogP contribution in [0.4, 0.5) is 0 Å². The van der Waals surface area contributed by atoms with Crippen LogP contribution in [-0.2, 0) is 16.7 Å². The van der Waals surface area contributed by atoms with Crippen molar-refractivity contribution in [3.05, 3.63) is 41.6 Å². The SMILES string of the molecule is CCCCN(C)Cc1cn[nH]c1-c1ccc(C(C)(C)COC)cc1. The Morgan fingerprint density at radius 2 is 1.92 bits per heavy atom. The summed E-state index contributed by atoms with van der Waals surface area (Å²) in [4.78, 5) is 2.36. The Bertz CT molecular complexity index is 616. The molecule has 4 nitrogen and oxygen atoms in total. The summed E-state index contributed by atoms with van der Waals surface area (Å²) in [6, 6.07) is 8.74. The summed E-state index contributed by atoms with van der Waals surface area (Å²) >= 11 is 0. The number of aromatic amines is 1. The topological polar surface area (TPSA) is 41.2 Å². The molecule has 1 heterocycles. The molecule has 0 aliphatic carbocycles. The Balaban J connectivity index is 2.14. The van der Waals surface area contributed by atoms with E-state index in [9.17, 15) is 0 Å². The molecule has 0 saturated carbocycles. The van der Waals surface area contributed by atoms with Crippen molar-refractivity contribution in [2.75, 3.05) is 27.3 Å². The minimum absolute atomic E-state index is 0.0183. The molecule has 0 fully saturated rings. The quantitative estimate of drug-likeness (QED) is 0.748. The second-order valence-corrected chi connectivity index (χ2v) is 7.26. The first-order valence-electron chi connectivity index (χ1n) is 8.78. The van der Waals surface area contributed by atoms with Gasteiger partial charge in [-0.2, -0.15) is 5.10 Å². The number of hydrogen-bond acceptors (Lipinski definition) is 3. The zero-order valence-corrected chi connectivity index (χ0v) is 15.7. The first kappa shape index (κ1) is 18.7. The van der Waals surface area contributed by atoms with Gasteiger partial charge in [0.1, 0.15) is 0 Å². The predicted octanol–water partition coefficient (Wildman–Crippen LogP) is 4.23. The second kappa shape index (κ2) is 8.45. The summed E-state index contributed by atoms with van der Waals surface area (Å²) in [5.74, 6) is 0. The normalized spacial score (nSPS) is 12.1. The van der Waals surface area contributed by atoms with E-state index in [-0.39, 0.29) is 5.41 Å². The molecule has 1 aromatic heterocycles. The van der Waals surface area contributed by atoms with Gasteiger partial charge in [0.2, 0.25) is 0 Å². The van der Waals surface area contributed by atoms with Gasteiger partial charge in [-0.05, 0) is 31.1 Å². The zero-order chi connectivity index (χ0) is 17.6. The van der Waals surface area contributed by atoms with Crippen molar-refractivity contribution in [1.82, 2.24) is 15.1 Å². The van der Waals surface area contributed by atoms with Crippen molar-refractivity contribution >= 4 is 0 Å². The highest BCUT2D eigenvalue weighted by atomic mass is 16.5. The van der Waals surface area contributed by atoms with Crippen LogP contribution >= 0.6 is 0 Å². The highest BCUT2D eigenvalue weighted by Crippen LogP contribution is 2.28. The average Bonchev–Trinajstić information content (AvgIpc) is 3.01. The highest BCUT2D eigenvalue weighted by Gasteiger charge is 2.20. The van der Waals surface area contributed by atoms with Gasteiger partial charge in [0.25, 0.3) is 0 Å². The molecule has 0 aliphatic heterocycles. The van der Waals surface area contributed by atoms with E-state index in [0.717, 1.165) is 18.8 Å². The molecule has 2 rings (SSSR count). The molecule has 0 amide bonds. The van der Waals surface area contributed by atoms with Crippen LogP contribution in [0, 0.1) is 0 Å². The van der Waals surface area contributed by atoms with Gasteiger partial charge in [-0.1, -0.05) is 51.5 Å². The molecule has 1 aromatic carbocycles. The molecule has 0 saturated heterocycles. The monoisotopic (exact) mass is 329 g/mol. The molecule has 0 aliphatic rings. The van der Waals surface area contributed by atoms with Crippen molar-refractivity contribution in [3.63, 3.8) is 0 Å². The molecule has 4 heteroatoms. The van der Waals surface area contributed by atoms with Crippen LogP contribution in [0.2, 0.25) is 0 Å². The fourth-order valence-corrected chi connectivity index (χ4v) is 3.01. The number of aromatic nitrogens is 2. The van der Waals surface area contributed by atoms with Crippen LogP contribution < -0.4 is 0 Å². The highest BCUT2D eigenvalue weighted by molar-refractivity contribution is 5.63. The summed E-state index contributed by atoms with van der Waals surface area (Å²) < 4.78 is 5.34. The molecule has 1 N–H and O–H groups in total. The van der Waals surface area contributed by atoms with Crippen molar-refractivity contribution in [1.29, 1.82) is 0 Å². The van der Waals surface area contributed by atoms with Crippen LogP contribution in [0.3, 0.4) is 0 Å². The lowest BCUT2D eigenvalue weighted by atomic mass is 9.85. The number of methoxy groups -OCH3 is 1. The van der Waals surface area contributed by atoms with Gasteiger partial charge < -0.3 is 9.64 Å². The van der Waals surface area contributed by atoms with E-state index >= 15 is 0 Å². The maximum absolute atomic E-state index is 5.34. The van der Waals surface area contributed by atoms with Gasteiger partial charge in [-0.3, -0.25) is 5.10 Å². The number of rotatable bonds is 9. The Labute approximate surface area is 146 Å². The Morgan fingerprint density at radius 1 is 1.21 bits per heavy atom. The van der Waals surface area contributed by atoms with Gasteiger partial charge in [-0.25, -0.2) is 0 Å². The van der Waals surface area contributed by atoms with E-state index in [1.165, 1.54) is 29.5 Å². The zero-order valence-electron chi connectivity index (χ0n) is 15.7. The van der Waals surface area contributed by atoms with Gasteiger partial charge in [0.15, 0.2) is 0 Å². The molecule has 0 bridgehead atoms. The summed E-state index contributed by atoms with van der Waals surface area (Å²) in [5.41, 5.74) is 4.86. The first-order chi connectivity index (χ1) is 11.5. The molecule has 0 spiro atoms. The third-order valence-electron chi connectivity index (χ3n) is 4.51. The van der Waals surface area contributed by atoms with Crippen LogP contribution in [0.25, 0.3) is 11.3 Å². The molecule has 0 atom stereocenters. The van der Waals surface area contributed by atoms with Crippen LogP contribution in [-0.4, -0.2) is 42.4 Å². The second-order valence-electron chi connectivity index (χ2n) is 7.26. The lowest BCUT2D eigenvalue weighted by Gasteiger charge is -2.24. The van der Waals surface area contributed by atoms with Crippen molar-refractivity contribution in [3.8, 4) is 11.3 Å². The van der Waals surface area contributed by atoms with Crippen molar-refractivity contribution < 1.29 is 4.74 Å². The average molecular weight is 329 g/mol. The maximum atomic E-state index is 5.34. The fraction of sp³-hybridized carbons (Fsp3) is 0.550. The molecule has 0 radical (unpaired) electrons. The number of hydrogen-bond donors (Lipinski definition) is 1. The maximum Gasteiger partial charge on any atom is 0.0695 e. The molecule has 24 heavy (non-hydrogen) atoms. The van der Waals surface area contributed by atoms with Crippen molar-refractivity contribution in [2.45, 2.75) is 45.6 Å². The van der Waals surface area contributed by atoms with Gasteiger partial charge in [0.05, 0.1) is 18.5 Å². The number of nitrogens with zero attached hydrogens (tertiary/aromatic N) is 2. The number of benzene rings is 1. The molecule has 2 aromatic rings. The number of unbranched alkanes of at least 4 members (excludes halogenated alkanes) is 1. The predicted molar refractivity (Wildman–Crippen MR) is 100 cm³/mol. The minimum Gasteiger partial charge on any atom is -0.384 e. The molecular weight excluding hydrogens is 298 g/mol. The molecule has 0 unspecified atom stereocenters. The third-order valence-corrected chi connectivity index (χ3v) is 4.51. The van der Waals surface area contributed by atoms with Gasteiger partial charge in [0, 0.05) is 24.6 Å². The van der Waals surface area contributed by atoms with E-state index in [1.807, 2.05) is 6.20 Å². The van der Waals surface area contributed by atoms with E-state index < -0.39 is 0 Å². The van der Waals surface area contributed by atoms with E-state index in [2.05, 4.69) is 67.2 Å². The summed E-state index contributed by atoms with van der Waals surface area (Å²) in [7, 11) is 3.92. The number of nitrogens with one attached hydrogen (secondary N) is 1. The summed E-state index contributed by atoms with van der Waals surface area (Å²) in [5, 5.41) is 7.43. The molecule has 132 valence electrons. The first-order valence-corrected chi connectivity index (χ1v) is 8.78. The van der Waals surface area contributed by atoms with E-state index in [1.54, 1.807) is 7.11 Å². The standard InChI is InChI=1S/C20H31N3O/c1-6-7-12-23(4)14-17-13-21-22-19(17)16-8-10-18(11-9-16)20(2,3)15-24-5/h8-11,13H,6-7,12,14-15H2,1-5H3,(H,21,22). The van der Waals surface area contributed by atoms with E-state index in [4.69, 9.17) is 4.74 Å². The van der Waals surface area contributed by atoms with Crippen LogP contribution in [0.5, 0.6) is 0 Å². The minimum atomic E-state index is 0.0183. The lowest BCUT2D eigenvalue weighted by molar-refractivity contribution is 0.146.